The molecule has 1 N–H and O–H groups in total. The van der Waals surface area contributed by atoms with Crippen LogP contribution in [0.2, 0.25) is 5.02 Å². The van der Waals surface area contributed by atoms with Gasteiger partial charge in [0.25, 0.3) is 0 Å². The largest absolute Gasteiger partial charge is 0.497 e. The number of carbonyl (C=O) groups is 1. The zero-order valence-corrected chi connectivity index (χ0v) is 20.2. The molecule has 0 unspecified atom stereocenters. The normalized spacial score (nSPS) is 15.5. The molecule has 2 atom stereocenters. The Kier molecular flexibility index (Phi) is 7.29. The van der Waals surface area contributed by atoms with Crippen molar-refractivity contribution in [2.45, 2.75) is 37.7 Å². The van der Waals surface area contributed by atoms with Gasteiger partial charge in [0.2, 0.25) is 5.91 Å². The molecular weight excluding hydrogens is 464 g/mol. The molecule has 1 amide bonds. The molecule has 1 aliphatic heterocycles. The first-order valence-corrected chi connectivity index (χ1v) is 11.9. The second-order valence-electron chi connectivity index (χ2n) is 7.43. The van der Waals surface area contributed by atoms with Crippen LogP contribution in [0.25, 0.3) is 0 Å². The highest BCUT2D eigenvalue weighted by atomic mass is 35.5. The number of amides is 1. The lowest BCUT2D eigenvalue weighted by molar-refractivity contribution is -0.119. The van der Waals surface area contributed by atoms with Gasteiger partial charge in [0.05, 0.1) is 18.9 Å². The Morgan fingerprint density at radius 3 is 2.91 bits per heavy atom. The van der Waals surface area contributed by atoms with Crippen LogP contribution in [0.5, 0.6) is 17.2 Å². The first-order chi connectivity index (χ1) is 16.0. The Morgan fingerprint density at radius 2 is 2.15 bits per heavy atom. The summed E-state index contributed by atoms with van der Waals surface area (Å²) in [6.45, 7) is 4.96. The number of thioether (sulfide) groups is 1. The third kappa shape index (κ3) is 5.36. The molecular formula is C23H25ClN4O4S. The Hall–Kier alpha value is -2.91. The fourth-order valence-electron chi connectivity index (χ4n) is 3.61. The van der Waals surface area contributed by atoms with Crippen molar-refractivity contribution in [3.05, 3.63) is 58.9 Å². The minimum Gasteiger partial charge on any atom is -0.497 e. The van der Waals surface area contributed by atoms with Crippen molar-refractivity contribution >= 4 is 29.3 Å². The minimum absolute atomic E-state index is 0.111. The van der Waals surface area contributed by atoms with Gasteiger partial charge >= 0.3 is 0 Å². The molecule has 2 heterocycles. The monoisotopic (exact) mass is 488 g/mol. The highest BCUT2D eigenvalue weighted by Gasteiger charge is 2.27. The Morgan fingerprint density at radius 1 is 1.30 bits per heavy atom. The van der Waals surface area contributed by atoms with Crippen LogP contribution >= 0.6 is 23.4 Å². The smallest absolute Gasteiger partial charge is 0.231 e. The number of nitrogens with one attached hydrogen (secondary N) is 1. The molecule has 0 fully saturated rings. The molecule has 33 heavy (non-hydrogen) atoms. The number of nitrogens with zero attached hydrogens (tertiary/aromatic N) is 3. The number of methoxy groups -OCH3 is 1. The van der Waals surface area contributed by atoms with Crippen molar-refractivity contribution in [3.8, 4) is 17.2 Å². The van der Waals surface area contributed by atoms with E-state index in [1.54, 1.807) is 19.2 Å². The summed E-state index contributed by atoms with van der Waals surface area (Å²) < 4.78 is 18.9. The van der Waals surface area contributed by atoms with Crippen LogP contribution < -0.4 is 19.5 Å². The molecule has 4 rings (SSSR count). The first kappa shape index (κ1) is 23.3. The van der Waals surface area contributed by atoms with Gasteiger partial charge in [-0.2, -0.15) is 0 Å². The molecule has 2 aromatic carbocycles. The number of rotatable bonds is 9. The van der Waals surface area contributed by atoms with Gasteiger partial charge in [0, 0.05) is 17.1 Å². The highest BCUT2D eigenvalue weighted by molar-refractivity contribution is 7.99. The second-order valence-corrected chi connectivity index (χ2v) is 8.80. The zero-order chi connectivity index (χ0) is 23.4. The molecule has 0 bridgehead atoms. The maximum absolute atomic E-state index is 12.6. The van der Waals surface area contributed by atoms with Gasteiger partial charge in [-0.25, -0.2) is 0 Å². The Balaban J connectivity index is 1.37. The molecule has 0 saturated heterocycles. The predicted molar refractivity (Wildman–Crippen MR) is 126 cm³/mol. The average Bonchev–Trinajstić information content (AvgIpc) is 3.41. The quantitative estimate of drug-likeness (QED) is 0.445. The zero-order valence-electron chi connectivity index (χ0n) is 18.6. The van der Waals surface area contributed by atoms with E-state index in [9.17, 15) is 4.79 Å². The van der Waals surface area contributed by atoms with Crippen molar-refractivity contribution in [2.75, 3.05) is 19.5 Å². The molecule has 1 aliphatic rings. The van der Waals surface area contributed by atoms with E-state index in [0.717, 1.165) is 17.1 Å². The summed E-state index contributed by atoms with van der Waals surface area (Å²) in [6.07, 6.45) is -0.332. The van der Waals surface area contributed by atoms with Crippen molar-refractivity contribution in [1.82, 2.24) is 20.1 Å². The van der Waals surface area contributed by atoms with Crippen molar-refractivity contribution in [2.24, 2.45) is 0 Å². The van der Waals surface area contributed by atoms with Crippen LogP contribution in [-0.2, 0) is 11.3 Å². The number of aromatic nitrogens is 3. The number of halogens is 1. The van der Waals surface area contributed by atoms with E-state index in [0.29, 0.717) is 34.9 Å². The summed E-state index contributed by atoms with van der Waals surface area (Å²) in [6, 6.07) is 12.6. The van der Waals surface area contributed by atoms with Crippen LogP contribution in [0.15, 0.2) is 47.6 Å². The van der Waals surface area contributed by atoms with Crippen molar-refractivity contribution in [3.63, 3.8) is 0 Å². The summed E-state index contributed by atoms with van der Waals surface area (Å²) in [7, 11) is 1.61. The molecule has 0 radical (unpaired) electrons. The van der Waals surface area contributed by atoms with E-state index in [2.05, 4.69) is 15.5 Å². The number of hydrogen-bond donors (Lipinski definition) is 1. The van der Waals surface area contributed by atoms with Gasteiger partial charge in [-0.3, -0.25) is 4.79 Å². The fraction of sp³-hybridized carbons (Fsp3) is 0.348. The van der Waals surface area contributed by atoms with Crippen LogP contribution in [0.1, 0.15) is 37.4 Å². The van der Waals surface area contributed by atoms with E-state index in [1.165, 1.54) is 11.8 Å². The van der Waals surface area contributed by atoms with Crippen LogP contribution in [-0.4, -0.2) is 40.1 Å². The lowest BCUT2D eigenvalue weighted by atomic mass is 10.1. The molecule has 1 aromatic heterocycles. The second kappa shape index (κ2) is 10.4. The summed E-state index contributed by atoms with van der Waals surface area (Å²) in [5.41, 5.74) is 0.915. The van der Waals surface area contributed by atoms with Gasteiger partial charge < -0.3 is 24.1 Å². The van der Waals surface area contributed by atoms with Crippen LogP contribution in [0.3, 0.4) is 0 Å². The van der Waals surface area contributed by atoms with E-state index in [-0.39, 0.29) is 23.8 Å². The van der Waals surface area contributed by atoms with Gasteiger partial charge in [-0.15, -0.1) is 10.2 Å². The third-order valence-electron chi connectivity index (χ3n) is 5.20. The minimum atomic E-state index is -0.332. The molecule has 8 nitrogen and oxygen atoms in total. The molecule has 0 saturated carbocycles. The number of hydrogen-bond acceptors (Lipinski definition) is 7. The van der Waals surface area contributed by atoms with E-state index in [1.807, 2.05) is 48.7 Å². The Bertz CT molecular complexity index is 1140. The fourth-order valence-corrected chi connectivity index (χ4v) is 4.61. The molecule has 0 aliphatic carbocycles. The number of ether oxygens (including phenoxy) is 3. The van der Waals surface area contributed by atoms with E-state index >= 15 is 0 Å². The molecule has 0 spiro atoms. The van der Waals surface area contributed by atoms with Crippen LogP contribution in [0, 0.1) is 0 Å². The molecule has 174 valence electrons. The topological polar surface area (TPSA) is 87.5 Å². The maximum atomic E-state index is 12.6. The summed E-state index contributed by atoms with van der Waals surface area (Å²) in [5.74, 6) is 2.93. The van der Waals surface area contributed by atoms with Crippen molar-refractivity contribution in [1.29, 1.82) is 0 Å². The SMILES string of the molecule is CCn1c(SCC(=O)N[C@H]2COc3ccc(OC)cc32)nnc1[C@@H](C)Oc1cccc(Cl)c1. The van der Waals surface area contributed by atoms with Crippen molar-refractivity contribution < 1.29 is 19.0 Å². The number of carbonyl (C=O) groups excluding carboxylic acids is 1. The summed E-state index contributed by atoms with van der Waals surface area (Å²) in [5, 5.41) is 12.9. The summed E-state index contributed by atoms with van der Waals surface area (Å²) >= 11 is 7.38. The Labute approximate surface area is 201 Å². The molecule has 10 heteroatoms. The van der Waals surface area contributed by atoms with Gasteiger partial charge in [-0.1, -0.05) is 29.4 Å². The average molecular weight is 489 g/mol. The maximum Gasteiger partial charge on any atom is 0.231 e. The molecule has 3 aromatic rings. The predicted octanol–water partition coefficient (Wildman–Crippen LogP) is 4.44. The van der Waals surface area contributed by atoms with Gasteiger partial charge in [-0.05, 0) is 50.2 Å². The lowest BCUT2D eigenvalue weighted by Crippen LogP contribution is -2.30. The van der Waals surface area contributed by atoms with E-state index < -0.39 is 0 Å². The first-order valence-electron chi connectivity index (χ1n) is 10.6. The highest BCUT2D eigenvalue weighted by Crippen LogP contribution is 2.35. The van der Waals surface area contributed by atoms with Gasteiger partial charge in [0.15, 0.2) is 17.1 Å². The summed E-state index contributed by atoms with van der Waals surface area (Å²) in [4.78, 5) is 12.6. The lowest BCUT2D eigenvalue weighted by Gasteiger charge is -2.16. The van der Waals surface area contributed by atoms with Gasteiger partial charge in [0.1, 0.15) is 23.9 Å². The standard InChI is InChI=1S/C23H25ClN4O4S/c1-4-28-22(14(2)32-17-7-5-6-15(24)10-17)26-27-23(28)33-13-21(29)25-19-12-31-20-9-8-16(30-3)11-18(19)20/h5-11,14,19H,4,12-13H2,1-3H3,(H,25,29)/t14-,19+/m1/s1. The number of benzene rings is 2. The third-order valence-corrected chi connectivity index (χ3v) is 6.40. The van der Waals surface area contributed by atoms with Crippen LogP contribution in [0.4, 0.5) is 0 Å². The van der Waals surface area contributed by atoms with E-state index in [4.69, 9.17) is 25.8 Å². The number of fused-ring (bicyclic) bond motifs is 1.